The van der Waals surface area contributed by atoms with Gasteiger partial charge in [-0.25, -0.2) is 0 Å². The van der Waals surface area contributed by atoms with E-state index in [0.717, 1.165) is 54.3 Å². The van der Waals surface area contributed by atoms with Gasteiger partial charge in [0.25, 0.3) is 0 Å². The number of aliphatic hydroxyl groups excluding tert-OH is 1. The third-order valence-electron chi connectivity index (χ3n) is 11.3. The van der Waals surface area contributed by atoms with Gasteiger partial charge in [0.05, 0.1) is 6.10 Å². The van der Waals surface area contributed by atoms with Gasteiger partial charge in [0.1, 0.15) is 0 Å². The second kappa shape index (κ2) is 8.57. The molecule has 1 nitrogen and oxygen atoms in total. The summed E-state index contributed by atoms with van der Waals surface area (Å²) in [7, 11) is 0. The van der Waals surface area contributed by atoms with Crippen LogP contribution in [0.4, 0.5) is 0 Å². The highest BCUT2D eigenvalue weighted by molar-refractivity contribution is 5.25. The van der Waals surface area contributed by atoms with Crippen molar-refractivity contribution in [3.05, 3.63) is 11.6 Å². The summed E-state index contributed by atoms with van der Waals surface area (Å²) in [6.07, 6.45) is 17.1. The average molecular weight is 415 g/mol. The summed E-state index contributed by atoms with van der Waals surface area (Å²) in [4.78, 5) is 0. The molecule has 0 heterocycles. The van der Waals surface area contributed by atoms with Crippen LogP contribution < -0.4 is 0 Å². The fraction of sp³-hybridized carbons (Fsp3) is 0.931. The zero-order chi connectivity index (χ0) is 21.7. The minimum Gasteiger partial charge on any atom is -0.393 e. The molecule has 0 unspecified atom stereocenters. The Bertz CT molecular complexity index is 634. The van der Waals surface area contributed by atoms with Crippen molar-refractivity contribution in [2.75, 3.05) is 0 Å². The Balaban J connectivity index is 1.47. The van der Waals surface area contributed by atoms with Crippen LogP contribution in [-0.4, -0.2) is 11.2 Å². The summed E-state index contributed by atoms with van der Waals surface area (Å²) in [6, 6.07) is 0. The van der Waals surface area contributed by atoms with Crippen LogP contribution in [0.1, 0.15) is 112 Å². The zero-order valence-corrected chi connectivity index (χ0v) is 20.9. The van der Waals surface area contributed by atoms with Crippen molar-refractivity contribution in [1.29, 1.82) is 0 Å². The number of aliphatic hydroxyl groups is 1. The van der Waals surface area contributed by atoms with Gasteiger partial charge in [0, 0.05) is 0 Å². The van der Waals surface area contributed by atoms with E-state index in [4.69, 9.17) is 0 Å². The molecule has 0 spiro atoms. The van der Waals surface area contributed by atoms with E-state index in [1.165, 1.54) is 57.8 Å². The lowest BCUT2D eigenvalue weighted by Crippen LogP contribution is -2.50. The van der Waals surface area contributed by atoms with Crippen molar-refractivity contribution >= 4 is 0 Å². The minimum absolute atomic E-state index is 0.0794. The van der Waals surface area contributed by atoms with E-state index >= 15 is 0 Å². The average Bonchev–Trinajstić information content (AvgIpc) is 3.06. The van der Waals surface area contributed by atoms with Gasteiger partial charge in [-0.15, -0.1) is 0 Å². The van der Waals surface area contributed by atoms with Crippen molar-refractivity contribution in [1.82, 2.24) is 0 Å². The van der Waals surface area contributed by atoms with Crippen molar-refractivity contribution < 1.29 is 5.11 Å². The van der Waals surface area contributed by atoms with Crippen LogP contribution in [-0.2, 0) is 0 Å². The van der Waals surface area contributed by atoms with Gasteiger partial charge in [-0.05, 0) is 110 Å². The van der Waals surface area contributed by atoms with Gasteiger partial charge in [0.2, 0.25) is 0 Å². The van der Waals surface area contributed by atoms with Crippen LogP contribution in [0.15, 0.2) is 11.6 Å². The van der Waals surface area contributed by atoms with E-state index in [9.17, 15) is 5.11 Å². The Morgan fingerprint density at radius 3 is 2.47 bits per heavy atom. The summed E-state index contributed by atoms with van der Waals surface area (Å²) >= 11 is 0. The van der Waals surface area contributed by atoms with E-state index in [0.29, 0.717) is 10.8 Å². The van der Waals surface area contributed by atoms with Crippen molar-refractivity contribution in [2.24, 2.45) is 52.3 Å². The maximum Gasteiger partial charge on any atom is 0.0577 e. The summed E-state index contributed by atoms with van der Waals surface area (Å²) in [6.45, 7) is 15.1. The normalized spacial score (nSPS) is 45.3. The van der Waals surface area contributed by atoms with E-state index in [2.05, 4.69) is 47.6 Å². The molecule has 1 N–H and O–H groups in total. The maximum atomic E-state index is 10.2. The lowest BCUT2D eigenvalue weighted by atomic mass is 9.47. The molecule has 1 heteroatoms. The first-order chi connectivity index (χ1) is 14.2. The molecule has 3 fully saturated rings. The lowest BCUT2D eigenvalue weighted by molar-refractivity contribution is -0.0575. The van der Waals surface area contributed by atoms with Gasteiger partial charge in [-0.1, -0.05) is 66.0 Å². The Morgan fingerprint density at radius 2 is 1.77 bits per heavy atom. The van der Waals surface area contributed by atoms with Gasteiger partial charge in [0.15, 0.2) is 0 Å². The monoisotopic (exact) mass is 414 g/mol. The SMILES string of the molecule is CC[C@H](CC[C@@H](C)[C@@H]1CC[C@@H]2[C@H]3CC=C4C[C@@H](O)CC[C@]4(C)[C@H]3CC[C@@]21C)C(C)C. The molecule has 0 aromatic heterocycles. The molecule has 0 amide bonds. The standard InChI is InChI=1S/C29H50O/c1-7-21(19(2)3)9-8-20(4)25-12-13-26-24-11-10-22-18-23(30)14-16-28(22,5)27(24)15-17-29(25,26)6/h10,19-21,23-27,30H,7-9,11-18H2,1-6H3/t20-,21-,23+,24-,25+,26-,27+,28+,29-/m1/s1. The van der Waals surface area contributed by atoms with Crippen LogP contribution in [0.3, 0.4) is 0 Å². The van der Waals surface area contributed by atoms with Crippen LogP contribution in [0.25, 0.3) is 0 Å². The van der Waals surface area contributed by atoms with E-state index in [1.54, 1.807) is 5.57 Å². The van der Waals surface area contributed by atoms with E-state index < -0.39 is 0 Å². The number of allylic oxidation sites excluding steroid dienone is 1. The van der Waals surface area contributed by atoms with Crippen molar-refractivity contribution in [2.45, 2.75) is 118 Å². The Kier molecular flexibility index (Phi) is 6.53. The quantitative estimate of drug-likeness (QED) is 0.436. The van der Waals surface area contributed by atoms with Gasteiger partial charge in [-0.3, -0.25) is 0 Å². The van der Waals surface area contributed by atoms with Crippen LogP contribution in [0.5, 0.6) is 0 Å². The molecular weight excluding hydrogens is 364 g/mol. The first-order valence-electron chi connectivity index (χ1n) is 13.6. The van der Waals surface area contributed by atoms with Gasteiger partial charge in [-0.2, -0.15) is 0 Å². The van der Waals surface area contributed by atoms with Gasteiger partial charge >= 0.3 is 0 Å². The smallest absolute Gasteiger partial charge is 0.0577 e. The number of rotatable bonds is 6. The Hall–Kier alpha value is -0.300. The van der Waals surface area contributed by atoms with Crippen molar-refractivity contribution in [3.63, 3.8) is 0 Å². The highest BCUT2D eigenvalue weighted by Gasteiger charge is 2.59. The molecule has 0 saturated heterocycles. The molecule has 0 aromatic carbocycles. The third kappa shape index (κ3) is 3.74. The van der Waals surface area contributed by atoms with E-state index in [-0.39, 0.29) is 6.10 Å². The highest BCUT2D eigenvalue weighted by atomic mass is 16.3. The number of fused-ring (bicyclic) bond motifs is 5. The molecule has 0 aliphatic heterocycles. The molecule has 4 aliphatic rings. The summed E-state index contributed by atoms with van der Waals surface area (Å²) in [5, 5.41) is 10.2. The molecular formula is C29H50O. The molecule has 0 bridgehead atoms. The topological polar surface area (TPSA) is 20.2 Å². The third-order valence-corrected chi connectivity index (χ3v) is 11.3. The molecule has 9 atom stereocenters. The fourth-order valence-electron chi connectivity index (χ4n) is 9.30. The first kappa shape index (κ1) is 22.9. The lowest BCUT2D eigenvalue weighted by Gasteiger charge is -2.58. The Labute approximate surface area is 187 Å². The summed E-state index contributed by atoms with van der Waals surface area (Å²) < 4.78 is 0. The minimum atomic E-state index is -0.0794. The molecule has 0 aromatic rings. The van der Waals surface area contributed by atoms with Gasteiger partial charge < -0.3 is 5.11 Å². The first-order valence-corrected chi connectivity index (χ1v) is 13.6. The summed E-state index contributed by atoms with van der Waals surface area (Å²) in [5.74, 6) is 6.31. The second-order valence-electron chi connectivity index (χ2n) is 12.9. The molecule has 3 saturated carbocycles. The zero-order valence-electron chi connectivity index (χ0n) is 20.9. The molecule has 0 radical (unpaired) electrons. The molecule has 30 heavy (non-hydrogen) atoms. The predicted molar refractivity (Wildman–Crippen MR) is 128 cm³/mol. The van der Waals surface area contributed by atoms with Crippen molar-refractivity contribution in [3.8, 4) is 0 Å². The number of hydrogen-bond acceptors (Lipinski definition) is 1. The second-order valence-corrected chi connectivity index (χ2v) is 12.9. The highest BCUT2D eigenvalue weighted by Crippen LogP contribution is 2.67. The van der Waals surface area contributed by atoms with Crippen LogP contribution in [0, 0.1) is 52.3 Å². The molecule has 4 aliphatic carbocycles. The maximum absolute atomic E-state index is 10.2. The predicted octanol–water partition coefficient (Wildman–Crippen LogP) is 8.02. The van der Waals surface area contributed by atoms with Crippen LogP contribution >= 0.6 is 0 Å². The number of hydrogen-bond donors (Lipinski definition) is 1. The molecule has 4 rings (SSSR count). The Morgan fingerprint density at radius 1 is 1.00 bits per heavy atom. The van der Waals surface area contributed by atoms with Crippen LogP contribution in [0.2, 0.25) is 0 Å². The molecule has 172 valence electrons. The fourth-order valence-corrected chi connectivity index (χ4v) is 9.30. The summed E-state index contributed by atoms with van der Waals surface area (Å²) in [5.41, 5.74) is 2.59. The largest absolute Gasteiger partial charge is 0.393 e. The van der Waals surface area contributed by atoms with E-state index in [1.807, 2.05) is 0 Å².